The minimum Gasteiger partial charge on any atom is -0.468 e. The summed E-state index contributed by atoms with van der Waals surface area (Å²) in [5.74, 6) is -0.334. The van der Waals surface area contributed by atoms with Gasteiger partial charge in [0.2, 0.25) is 0 Å². The molecule has 0 saturated heterocycles. The van der Waals surface area contributed by atoms with E-state index in [1.807, 2.05) is 50.5 Å². The van der Waals surface area contributed by atoms with Gasteiger partial charge in [0.25, 0.3) is 0 Å². The molecule has 0 aliphatic rings. The maximum absolute atomic E-state index is 12.4. The number of nitrogens with two attached hydrogens (primary N) is 1. The van der Waals surface area contributed by atoms with Crippen molar-refractivity contribution >= 4 is 5.97 Å². The Labute approximate surface area is 124 Å². The highest BCUT2D eigenvalue weighted by atomic mass is 16.5. The van der Waals surface area contributed by atoms with Gasteiger partial charge in [0.15, 0.2) is 0 Å². The van der Waals surface area contributed by atoms with E-state index >= 15 is 0 Å². The third-order valence-electron chi connectivity index (χ3n) is 3.78. The molecule has 1 atom stereocenters. The lowest BCUT2D eigenvalue weighted by atomic mass is 9.76. The molecule has 2 N–H and O–H groups in total. The number of hydrogen-bond donors (Lipinski definition) is 1. The van der Waals surface area contributed by atoms with Crippen LogP contribution in [0.25, 0.3) is 0 Å². The second-order valence-corrected chi connectivity index (χ2v) is 5.30. The zero-order chi connectivity index (χ0) is 15.5. The Balaban J connectivity index is 2.47. The van der Waals surface area contributed by atoms with E-state index in [1.54, 1.807) is 4.68 Å². The fourth-order valence-corrected chi connectivity index (χ4v) is 2.50. The summed E-state index contributed by atoms with van der Waals surface area (Å²) in [5.41, 5.74) is 7.87. The number of aryl methyl sites for hydroxylation is 2. The summed E-state index contributed by atoms with van der Waals surface area (Å²) < 4.78 is 6.73. The summed E-state index contributed by atoms with van der Waals surface area (Å²) in [4.78, 5) is 12.4. The first-order valence-electron chi connectivity index (χ1n) is 6.86. The van der Waals surface area contributed by atoms with Crippen LogP contribution in [0.15, 0.2) is 36.5 Å². The molecule has 2 aromatic rings. The Morgan fingerprint density at radius 1 is 1.33 bits per heavy atom. The molecule has 1 aromatic carbocycles. The van der Waals surface area contributed by atoms with Crippen LogP contribution in [0.3, 0.4) is 0 Å². The smallest absolute Gasteiger partial charge is 0.317 e. The van der Waals surface area contributed by atoms with Gasteiger partial charge in [-0.15, -0.1) is 0 Å². The summed E-state index contributed by atoms with van der Waals surface area (Å²) in [6, 6.07) is 9.70. The maximum Gasteiger partial charge on any atom is 0.317 e. The fraction of sp³-hybridized carbons (Fsp3) is 0.375. The van der Waals surface area contributed by atoms with Crippen LogP contribution in [0.1, 0.15) is 16.8 Å². The first kappa shape index (κ1) is 15.3. The third kappa shape index (κ3) is 2.97. The van der Waals surface area contributed by atoms with Crippen LogP contribution in [0.5, 0.6) is 0 Å². The van der Waals surface area contributed by atoms with Gasteiger partial charge in [0, 0.05) is 26.2 Å². The average molecular weight is 287 g/mol. The number of rotatable bonds is 5. The predicted octanol–water partition coefficient (Wildman–Crippen LogP) is 1.34. The second kappa shape index (κ2) is 6.10. The molecule has 5 heteroatoms. The number of aromatic nitrogens is 2. The van der Waals surface area contributed by atoms with Crippen LogP contribution >= 0.6 is 0 Å². The van der Waals surface area contributed by atoms with Crippen LogP contribution in [0.2, 0.25) is 0 Å². The quantitative estimate of drug-likeness (QED) is 0.843. The van der Waals surface area contributed by atoms with Crippen molar-refractivity contribution in [1.82, 2.24) is 9.78 Å². The number of esters is 1. The SMILES string of the molecule is COC(=O)C(CN)(Cc1ccn(C)n1)c1ccc(C)cc1. The molecule has 0 bridgehead atoms. The first-order valence-corrected chi connectivity index (χ1v) is 6.86. The molecule has 0 amide bonds. The number of methoxy groups -OCH3 is 1. The number of carbonyl (C=O) groups excluding carboxylic acids is 1. The Morgan fingerprint density at radius 3 is 2.48 bits per heavy atom. The lowest BCUT2D eigenvalue weighted by Gasteiger charge is -2.29. The monoisotopic (exact) mass is 287 g/mol. The number of carbonyl (C=O) groups is 1. The minimum absolute atomic E-state index is 0.166. The van der Waals surface area contributed by atoms with Gasteiger partial charge >= 0.3 is 5.97 Å². The topological polar surface area (TPSA) is 70.1 Å². The van der Waals surface area contributed by atoms with Gasteiger partial charge < -0.3 is 10.5 Å². The standard InChI is InChI=1S/C16H21N3O2/c1-12-4-6-13(7-5-12)16(11-17,15(20)21-3)10-14-8-9-19(2)18-14/h4-9H,10-11,17H2,1-3H3. The molecule has 1 unspecified atom stereocenters. The van der Waals surface area contributed by atoms with Crippen LogP contribution in [-0.2, 0) is 28.4 Å². The highest BCUT2D eigenvalue weighted by Crippen LogP contribution is 2.29. The molecule has 0 aliphatic carbocycles. The van der Waals surface area contributed by atoms with Crippen molar-refractivity contribution in [2.75, 3.05) is 13.7 Å². The number of ether oxygens (including phenoxy) is 1. The molecule has 0 aliphatic heterocycles. The van der Waals surface area contributed by atoms with E-state index in [9.17, 15) is 4.79 Å². The normalized spacial score (nSPS) is 13.7. The molecule has 2 rings (SSSR count). The molecule has 0 radical (unpaired) electrons. The summed E-state index contributed by atoms with van der Waals surface area (Å²) >= 11 is 0. The molecule has 0 fully saturated rings. The molecular formula is C16H21N3O2. The van der Waals surface area contributed by atoms with E-state index in [0.29, 0.717) is 6.42 Å². The van der Waals surface area contributed by atoms with Crippen molar-refractivity contribution in [1.29, 1.82) is 0 Å². The van der Waals surface area contributed by atoms with E-state index in [0.717, 1.165) is 16.8 Å². The van der Waals surface area contributed by atoms with Crippen LogP contribution in [0.4, 0.5) is 0 Å². The van der Waals surface area contributed by atoms with Gasteiger partial charge in [-0.3, -0.25) is 9.48 Å². The molecule has 5 nitrogen and oxygen atoms in total. The van der Waals surface area contributed by atoms with Crippen molar-refractivity contribution in [2.45, 2.75) is 18.8 Å². The Kier molecular flexibility index (Phi) is 4.43. The van der Waals surface area contributed by atoms with Crippen LogP contribution in [-0.4, -0.2) is 29.4 Å². The van der Waals surface area contributed by atoms with E-state index in [2.05, 4.69) is 5.10 Å². The number of benzene rings is 1. The first-order chi connectivity index (χ1) is 10.0. The Bertz CT molecular complexity index is 619. The van der Waals surface area contributed by atoms with E-state index in [-0.39, 0.29) is 12.5 Å². The van der Waals surface area contributed by atoms with Gasteiger partial charge in [-0.05, 0) is 18.6 Å². The molecule has 21 heavy (non-hydrogen) atoms. The van der Waals surface area contributed by atoms with Crippen molar-refractivity contribution in [2.24, 2.45) is 12.8 Å². The summed E-state index contributed by atoms with van der Waals surface area (Å²) in [7, 11) is 3.23. The molecular weight excluding hydrogens is 266 g/mol. The van der Waals surface area contributed by atoms with Crippen LogP contribution < -0.4 is 5.73 Å². The van der Waals surface area contributed by atoms with Crippen molar-refractivity contribution < 1.29 is 9.53 Å². The summed E-state index contributed by atoms with van der Waals surface area (Å²) in [6.45, 7) is 2.17. The van der Waals surface area contributed by atoms with Crippen molar-refractivity contribution in [3.63, 3.8) is 0 Å². The van der Waals surface area contributed by atoms with Gasteiger partial charge in [-0.25, -0.2) is 0 Å². The minimum atomic E-state index is -0.906. The molecule has 112 valence electrons. The number of hydrogen-bond acceptors (Lipinski definition) is 4. The summed E-state index contributed by atoms with van der Waals surface area (Å²) in [5, 5.41) is 4.36. The molecule has 1 aromatic heterocycles. The highest BCUT2D eigenvalue weighted by Gasteiger charge is 2.41. The lowest BCUT2D eigenvalue weighted by Crippen LogP contribution is -2.46. The zero-order valence-electron chi connectivity index (χ0n) is 12.7. The van der Waals surface area contributed by atoms with Gasteiger partial charge in [-0.1, -0.05) is 29.8 Å². The van der Waals surface area contributed by atoms with Gasteiger partial charge in [0.05, 0.1) is 12.8 Å². The molecule has 0 spiro atoms. The van der Waals surface area contributed by atoms with Crippen molar-refractivity contribution in [3.05, 3.63) is 53.3 Å². The average Bonchev–Trinajstić information content (AvgIpc) is 2.90. The Hall–Kier alpha value is -2.14. The van der Waals surface area contributed by atoms with Gasteiger partial charge in [0.1, 0.15) is 5.41 Å². The predicted molar refractivity (Wildman–Crippen MR) is 80.8 cm³/mol. The van der Waals surface area contributed by atoms with E-state index in [1.165, 1.54) is 7.11 Å². The maximum atomic E-state index is 12.4. The summed E-state index contributed by atoms with van der Waals surface area (Å²) in [6.07, 6.45) is 2.27. The third-order valence-corrected chi connectivity index (χ3v) is 3.78. The number of nitrogens with zero attached hydrogens (tertiary/aromatic N) is 2. The van der Waals surface area contributed by atoms with E-state index < -0.39 is 5.41 Å². The van der Waals surface area contributed by atoms with E-state index in [4.69, 9.17) is 10.5 Å². The lowest BCUT2D eigenvalue weighted by molar-refractivity contribution is -0.147. The molecule has 0 saturated carbocycles. The highest BCUT2D eigenvalue weighted by molar-refractivity contribution is 5.84. The van der Waals surface area contributed by atoms with Gasteiger partial charge in [-0.2, -0.15) is 5.10 Å². The molecule has 1 heterocycles. The van der Waals surface area contributed by atoms with Crippen molar-refractivity contribution in [3.8, 4) is 0 Å². The van der Waals surface area contributed by atoms with Crippen LogP contribution in [0, 0.1) is 6.92 Å². The second-order valence-electron chi connectivity index (χ2n) is 5.30. The zero-order valence-corrected chi connectivity index (χ0v) is 12.7. The largest absolute Gasteiger partial charge is 0.468 e. The fourth-order valence-electron chi connectivity index (χ4n) is 2.50. The Morgan fingerprint density at radius 2 is 2.00 bits per heavy atom.